The van der Waals surface area contributed by atoms with Gasteiger partial charge in [-0.2, -0.15) is 11.6 Å². The van der Waals surface area contributed by atoms with Crippen LogP contribution in [0.4, 0.5) is 0 Å². The molecule has 2 aliphatic carbocycles. The molecule has 0 aliphatic heterocycles. The monoisotopic (exact) mass is 1330 g/mol. The van der Waals surface area contributed by atoms with E-state index < -0.39 is 0 Å². The second-order valence-electron chi connectivity index (χ2n) is 18.6. The molecule has 0 amide bonds. The van der Waals surface area contributed by atoms with Gasteiger partial charge in [0, 0.05) is 56.9 Å². The first kappa shape index (κ1) is 97.8. The van der Waals surface area contributed by atoms with Crippen LogP contribution in [0.5, 0.6) is 0 Å². The summed E-state index contributed by atoms with van der Waals surface area (Å²) < 4.78 is 0. The van der Waals surface area contributed by atoms with Crippen LogP contribution in [-0.4, -0.2) is 19.9 Å². The Hall–Kier alpha value is -6.89. The Labute approximate surface area is 673 Å². The molecule has 498 valence electrons. The van der Waals surface area contributed by atoms with E-state index in [2.05, 4.69) is 240 Å². The molecule has 0 fully saturated rings. The predicted octanol–water partition coefficient (Wildman–Crippen LogP) is 20.8. The van der Waals surface area contributed by atoms with Crippen molar-refractivity contribution in [3.8, 4) is 0 Å². The fourth-order valence-corrected chi connectivity index (χ4v) is 8.65. The van der Waals surface area contributed by atoms with Crippen molar-refractivity contribution in [1.29, 1.82) is 0 Å². The average molecular weight is 1330 g/mol. The van der Waals surface area contributed by atoms with Crippen LogP contribution in [0.3, 0.4) is 0 Å². The second kappa shape index (κ2) is 72.4. The summed E-state index contributed by atoms with van der Waals surface area (Å²) in [5.74, 6) is 1.22. The van der Waals surface area contributed by atoms with E-state index in [0.717, 1.165) is 19.3 Å². The first-order valence-electron chi connectivity index (χ1n) is 31.9. The van der Waals surface area contributed by atoms with Crippen LogP contribution >= 0.6 is 0 Å². The third-order valence-corrected chi connectivity index (χ3v) is 12.7. The van der Waals surface area contributed by atoms with E-state index in [1.165, 1.54) is 44.5 Å². The maximum atomic E-state index is 3.78. The zero-order chi connectivity index (χ0) is 64.8. The molecule has 2 aliphatic rings. The molecule has 0 saturated carbocycles. The van der Waals surface area contributed by atoms with Crippen LogP contribution in [0.2, 0.25) is 0 Å². The average Bonchev–Trinajstić information content (AvgIpc) is 0.880. The Bertz CT molecular complexity index is 3050. The molecule has 0 spiro atoms. The van der Waals surface area contributed by atoms with Crippen LogP contribution in [0.25, 0.3) is 12.2 Å². The molecular weight excluding hydrogens is 1220 g/mol. The molecule has 0 saturated heterocycles. The van der Waals surface area contributed by atoms with E-state index in [1.807, 2.05) is 177 Å². The van der Waals surface area contributed by atoms with E-state index in [-0.39, 0.29) is 134 Å². The topological polar surface area (TPSA) is 51.6 Å². The predicted molar refractivity (Wildman–Crippen MR) is 423 cm³/mol. The summed E-state index contributed by atoms with van der Waals surface area (Å²) in [5.41, 5.74) is 10.6. The summed E-state index contributed by atoms with van der Waals surface area (Å²) in [6.45, 7) is 19.6. The molecule has 0 radical (unpaired) electrons. The van der Waals surface area contributed by atoms with Crippen LogP contribution < -0.4 is 103 Å². The Kier molecular flexibility index (Phi) is 73.7. The SMILES string of the molecule is C.C.C.C.C1=C[CH-]C(=CCC(CC(CC(c2ccccc2)c2ccccc2)c2ccccc2)c2ccccc2)C=C1.C1=C[CH-]C(=Cc2ccccc2)C=C1.C=Cc1ccccc1.CC.CC.CC.CC.[HH].[K+].[K+].c1ccncc1.c1ccncc1.c1ccncc1.c1ccncc1. The molecule has 4 heterocycles. The summed E-state index contributed by atoms with van der Waals surface area (Å²) in [5, 5.41) is 0. The van der Waals surface area contributed by atoms with E-state index in [0.29, 0.717) is 17.8 Å². The molecule has 2 unspecified atom stereocenters. The number of aromatic nitrogens is 4. The van der Waals surface area contributed by atoms with Gasteiger partial charge in [-0.1, -0.05) is 316 Å². The Morgan fingerprint density at radius 2 is 0.615 bits per heavy atom. The Balaban J connectivity index is -0.000000283. The minimum Gasteiger partial charge on any atom is -0.265 e. The molecule has 0 N–H and O–H groups in total. The van der Waals surface area contributed by atoms with Crippen LogP contribution in [0.1, 0.15) is 157 Å². The minimum atomic E-state index is 0. The van der Waals surface area contributed by atoms with Gasteiger partial charge >= 0.3 is 103 Å². The molecular formula is C90H116K2N4. The summed E-state index contributed by atoms with van der Waals surface area (Å²) in [4.78, 5) is 15.1. The van der Waals surface area contributed by atoms with Crippen molar-refractivity contribution < 1.29 is 104 Å². The molecule has 10 aromatic rings. The van der Waals surface area contributed by atoms with Gasteiger partial charge in [0.15, 0.2) is 0 Å². The molecule has 2 atom stereocenters. The van der Waals surface area contributed by atoms with Gasteiger partial charge in [-0.3, -0.25) is 19.9 Å². The number of hydrogen-bond donors (Lipinski definition) is 0. The van der Waals surface area contributed by atoms with Crippen LogP contribution in [-0.2, 0) is 0 Å². The van der Waals surface area contributed by atoms with E-state index >= 15 is 0 Å². The number of nitrogens with zero attached hydrogens (tertiary/aromatic N) is 4. The third-order valence-electron chi connectivity index (χ3n) is 12.7. The summed E-state index contributed by atoms with van der Waals surface area (Å²) >= 11 is 0. The zero-order valence-electron chi connectivity index (χ0n) is 56.7. The van der Waals surface area contributed by atoms with Gasteiger partial charge in [0.25, 0.3) is 0 Å². The van der Waals surface area contributed by atoms with Gasteiger partial charge in [-0.15, -0.1) is 73.1 Å². The van der Waals surface area contributed by atoms with Gasteiger partial charge in [-0.25, -0.2) is 0 Å². The Morgan fingerprint density at radius 1 is 0.333 bits per heavy atom. The minimum absolute atomic E-state index is 0. The zero-order valence-corrected chi connectivity index (χ0v) is 63.0. The normalized spacial score (nSPS) is 11.3. The fraction of sp³-hybridized carbons (Fsp3) is 0.200. The van der Waals surface area contributed by atoms with Crippen molar-refractivity contribution in [2.24, 2.45) is 0 Å². The van der Waals surface area contributed by atoms with Crippen LogP contribution in [0, 0.1) is 12.8 Å². The first-order chi connectivity index (χ1) is 44.7. The Morgan fingerprint density at radius 3 is 0.885 bits per heavy atom. The molecule has 0 bridgehead atoms. The first-order valence-corrected chi connectivity index (χ1v) is 31.9. The van der Waals surface area contributed by atoms with Gasteiger partial charge in [0.05, 0.1) is 0 Å². The molecule has 6 heteroatoms. The van der Waals surface area contributed by atoms with Gasteiger partial charge in [0.2, 0.25) is 0 Å². The van der Waals surface area contributed by atoms with Crippen molar-refractivity contribution in [3.05, 3.63) is 423 Å². The molecule has 12 rings (SSSR count). The van der Waals surface area contributed by atoms with E-state index in [9.17, 15) is 0 Å². The standard InChI is InChI=1S/C37H35.C13H11.C8H8.4C5H5N.4C2H6.4CH4.2K.H2/c1-6-16-30(17-7-1)26-27-35(31-18-8-2-9-19-31)28-36(32-20-10-3-11-21-32)29-37(33-22-12-4-13-23-33)34-24-14-5-15-25-34;1-3-7-12(8-4-1)11-13-9-5-2-6-10-13;1-2-8-6-4-3-5-7-8;4*1-2-4-6-5-3-1;4*1-2;;;;;;;/h1-26,35-37H,27-29H2;1-11H;2-7H,1H2;4*1-5H;4*1-2H3;4*1H4;;;1H/q2*-1;;;;;;;;;;;;;;2*+1;. The molecule has 4 nitrogen and oxygen atoms in total. The van der Waals surface area contributed by atoms with Crippen molar-refractivity contribution in [2.75, 3.05) is 0 Å². The molecule has 4 aromatic heterocycles. The van der Waals surface area contributed by atoms with E-state index in [4.69, 9.17) is 0 Å². The summed E-state index contributed by atoms with van der Waals surface area (Å²) in [6, 6.07) is 87.5. The summed E-state index contributed by atoms with van der Waals surface area (Å²) in [6.07, 6.45) is 44.7. The number of hydrogen-bond acceptors (Lipinski definition) is 4. The van der Waals surface area contributed by atoms with Crippen molar-refractivity contribution in [3.63, 3.8) is 0 Å². The van der Waals surface area contributed by atoms with Gasteiger partial charge in [-0.05, 0) is 101 Å². The maximum Gasteiger partial charge on any atom is 1.00 e. The quantitative estimate of drug-likeness (QED) is 0.0904. The summed E-state index contributed by atoms with van der Waals surface area (Å²) in [7, 11) is 0. The van der Waals surface area contributed by atoms with Gasteiger partial charge in [0.1, 0.15) is 0 Å². The molecule has 6 aromatic carbocycles. The smallest absolute Gasteiger partial charge is 0.265 e. The van der Waals surface area contributed by atoms with Crippen molar-refractivity contribution >= 4 is 12.2 Å². The fourth-order valence-electron chi connectivity index (χ4n) is 8.65. The number of allylic oxidation sites excluding steroid dienone is 11. The number of rotatable bonds is 12. The van der Waals surface area contributed by atoms with Crippen molar-refractivity contribution in [2.45, 2.75) is 122 Å². The largest absolute Gasteiger partial charge is 1.00 e. The van der Waals surface area contributed by atoms with Crippen molar-refractivity contribution in [1.82, 2.24) is 19.9 Å². The number of pyridine rings is 4. The van der Waals surface area contributed by atoms with Gasteiger partial charge < -0.3 is 0 Å². The van der Waals surface area contributed by atoms with E-state index in [1.54, 1.807) is 49.6 Å². The second-order valence-corrected chi connectivity index (χ2v) is 18.6. The maximum absolute atomic E-state index is 3.78. The van der Waals surface area contributed by atoms with Crippen LogP contribution in [0.15, 0.2) is 377 Å². The third kappa shape index (κ3) is 47.9. The molecule has 96 heavy (non-hydrogen) atoms. The number of benzene rings is 6.